The fraction of sp³-hybridized carbons (Fsp3) is 0. The lowest BCUT2D eigenvalue weighted by atomic mass is 10.1. The van der Waals surface area contributed by atoms with Crippen LogP contribution in [0.25, 0.3) is 104 Å². The molecule has 238 valence electrons. The van der Waals surface area contributed by atoms with Crippen molar-refractivity contribution in [2.75, 3.05) is 0 Å². The Kier molecular flexibility index (Phi) is 6.05. The third-order valence-electron chi connectivity index (χ3n) is 9.84. The van der Waals surface area contributed by atoms with Gasteiger partial charge in [-0.1, -0.05) is 103 Å². The highest BCUT2D eigenvalue weighted by molar-refractivity contribution is 7.25. The van der Waals surface area contributed by atoms with E-state index < -0.39 is 0 Å². The van der Waals surface area contributed by atoms with E-state index in [2.05, 4.69) is 95.6 Å². The Morgan fingerprint density at radius 2 is 1.00 bits per heavy atom. The summed E-state index contributed by atoms with van der Waals surface area (Å²) in [4.78, 5) is 14.7. The molecule has 0 aliphatic rings. The summed E-state index contributed by atoms with van der Waals surface area (Å²) in [5.41, 5.74) is 7.79. The quantitative estimate of drug-likeness (QED) is 0.187. The summed E-state index contributed by atoms with van der Waals surface area (Å²) in [6, 6.07) is 55.0. The molecule has 4 heterocycles. The summed E-state index contributed by atoms with van der Waals surface area (Å²) in [7, 11) is 0. The van der Waals surface area contributed by atoms with Crippen molar-refractivity contribution in [2.45, 2.75) is 0 Å². The molecule has 0 N–H and O–H groups in total. The predicted octanol–water partition coefficient (Wildman–Crippen LogP) is 12.2. The smallest absolute Gasteiger partial charge is 0.164 e. The molecule has 6 heteroatoms. The van der Waals surface area contributed by atoms with E-state index in [-0.39, 0.29) is 0 Å². The molecule has 7 aromatic carbocycles. The van der Waals surface area contributed by atoms with E-state index in [0.29, 0.717) is 17.5 Å². The number of nitrogens with zero attached hydrogens (tertiary/aromatic N) is 4. The first-order chi connectivity index (χ1) is 25.2. The summed E-state index contributed by atoms with van der Waals surface area (Å²) < 4.78 is 11.6. The van der Waals surface area contributed by atoms with E-state index >= 15 is 0 Å². The summed E-state index contributed by atoms with van der Waals surface area (Å²) in [5, 5.41) is 7.22. The van der Waals surface area contributed by atoms with E-state index in [1.165, 1.54) is 42.0 Å². The van der Waals surface area contributed by atoms with Gasteiger partial charge in [0.25, 0.3) is 0 Å². The maximum Gasteiger partial charge on any atom is 0.164 e. The van der Waals surface area contributed by atoms with Crippen LogP contribution in [-0.2, 0) is 0 Å². The average Bonchev–Trinajstić information content (AvgIpc) is 3.85. The maximum atomic E-state index is 6.63. The summed E-state index contributed by atoms with van der Waals surface area (Å²) >= 11 is 1.85. The van der Waals surface area contributed by atoms with E-state index in [1.54, 1.807) is 0 Å². The zero-order valence-electron chi connectivity index (χ0n) is 27.1. The molecule has 51 heavy (non-hydrogen) atoms. The molecule has 0 radical (unpaired) electrons. The van der Waals surface area contributed by atoms with Crippen LogP contribution in [0.2, 0.25) is 0 Å². The average molecular weight is 671 g/mol. The van der Waals surface area contributed by atoms with Crippen molar-refractivity contribution in [2.24, 2.45) is 0 Å². The van der Waals surface area contributed by atoms with Crippen LogP contribution in [0.4, 0.5) is 0 Å². The molecule has 0 amide bonds. The molecule has 0 bridgehead atoms. The number of furan rings is 1. The van der Waals surface area contributed by atoms with Crippen molar-refractivity contribution in [3.63, 3.8) is 0 Å². The molecule has 0 aliphatic heterocycles. The number of hydrogen-bond donors (Lipinski definition) is 0. The van der Waals surface area contributed by atoms with Gasteiger partial charge in [0.2, 0.25) is 0 Å². The molecular weight excluding hydrogens is 645 g/mol. The second-order valence-corrected chi connectivity index (χ2v) is 13.9. The largest absolute Gasteiger partial charge is 0.456 e. The van der Waals surface area contributed by atoms with E-state index in [4.69, 9.17) is 19.4 Å². The third-order valence-corrected chi connectivity index (χ3v) is 11.0. The van der Waals surface area contributed by atoms with Crippen molar-refractivity contribution >= 4 is 75.3 Å². The Morgan fingerprint density at radius 1 is 0.392 bits per heavy atom. The first-order valence-electron chi connectivity index (χ1n) is 16.9. The third kappa shape index (κ3) is 4.43. The van der Waals surface area contributed by atoms with Gasteiger partial charge in [-0.25, -0.2) is 15.0 Å². The van der Waals surface area contributed by atoms with Crippen molar-refractivity contribution in [1.82, 2.24) is 19.5 Å². The van der Waals surface area contributed by atoms with Gasteiger partial charge in [-0.15, -0.1) is 11.3 Å². The fourth-order valence-electron chi connectivity index (χ4n) is 7.45. The number of fused-ring (bicyclic) bond motifs is 9. The first kappa shape index (κ1) is 28.2. The van der Waals surface area contributed by atoms with Crippen LogP contribution in [-0.4, -0.2) is 19.5 Å². The molecule has 0 unspecified atom stereocenters. The summed E-state index contributed by atoms with van der Waals surface area (Å²) in [5.74, 6) is 1.87. The van der Waals surface area contributed by atoms with Crippen LogP contribution < -0.4 is 0 Å². The number of rotatable bonds is 4. The lowest BCUT2D eigenvalue weighted by molar-refractivity contribution is 0.668. The highest BCUT2D eigenvalue weighted by Gasteiger charge is 2.18. The van der Waals surface area contributed by atoms with Crippen LogP contribution in [0.15, 0.2) is 162 Å². The van der Waals surface area contributed by atoms with Gasteiger partial charge in [-0.3, -0.25) is 0 Å². The molecule has 4 aromatic heterocycles. The molecule has 0 spiro atoms. The van der Waals surface area contributed by atoms with Crippen LogP contribution >= 0.6 is 11.3 Å². The molecule has 11 aromatic rings. The lowest BCUT2D eigenvalue weighted by Gasteiger charge is -2.08. The predicted molar refractivity (Wildman–Crippen MR) is 211 cm³/mol. The zero-order chi connectivity index (χ0) is 33.5. The molecule has 11 rings (SSSR count). The van der Waals surface area contributed by atoms with Crippen LogP contribution in [0.1, 0.15) is 0 Å². The van der Waals surface area contributed by atoms with Gasteiger partial charge < -0.3 is 8.98 Å². The first-order valence-corrected chi connectivity index (χ1v) is 17.8. The van der Waals surface area contributed by atoms with Gasteiger partial charge >= 0.3 is 0 Å². The summed E-state index contributed by atoms with van der Waals surface area (Å²) in [6.07, 6.45) is 0. The number of benzene rings is 7. The number of para-hydroxylation sites is 1. The Balaban J connectivity index is 1.07. The van der Waals surface area contributed by atoms with E-state index in [0.717, 1.165) is 44.3 Å². The van der Waals surface area contributed by atoms with Crippen LogP contribution in [0.5, 0.6) is 0 Å². The highest BCUT2D eigenvalue weighted by Crippen LogP contribution is 2.41. The Hall–Kier alpha value is -6.63. The maximum absolute atomic E-state index is 6.63. The fourth-order valence-corrected chi connectivity index (χ4v) is 8.57. The number of hydrogen-bond acceptors (Lipinski definition) is 5. The molecule has 0 saturated carbocycles. The monoisotopic (exact) mass is 670 g/mol. The molecule has 5 nitrogen and oxygen atoms in total. The minimum Gasteiger partial charge on any atom is -0.456 e. The number of aromatic nitrogens is 4. The normalized spacial score (nSPS) is 11.9. The molecule has 0 atom stereocenters. The Labute approximate surface area is 295 Å². The Morgan fingerprint density at radius 3 is 1.75 bits per heavy atom. The molecule has 0 fully saturated rings. The van der Waals surface area contributed by atoms with Gasteiger partial charge in [-0.2, -0.15) is 0 Å². The van der Waals surface area contributed by atoms with Crippen LogP contribution in [0.3, 0.4) is 0 Å². The van der Waals surface area contributed by atoms with Gasteiger partial charge in [-0.05, 0) is 48.5 Å². The van der Waals surface area contributed by atoms with E-state index in [9.17, 15) is 0 Å². The standard InChI is InChI=1S/C45H26N4OS/c1-3-11-27(12-4-1)43-46-44(28-13-5-2-6-14-28)48-45(47-43)29-19-21-32-33-22-20-30(24-40(33)50-39(32)23-29)49-37-17-9-7-15-31(37)35-25-36-34-16-8-10-18-41(34)51-42(36)26-38(35)49/h1-26H. The zero-order valence-corrected chi connectivity index (χ0v) is 27.9. The summed E-state index contributed by atoms with van der Waals surface area (Å²) in [6.45, 7) is 0. The number of thiophene rings is 1. The minimum absolute atomic E-state index is 0.601. The molecular formula is C45H26N4OS. The topological polar surface area (TPSA) is 56.7 Å². The molecule has 0 aliphatic carbocycles. The Bertz CT molecular complexity index is 3080. The van der Waals surface area contributed by atoms with Gasteiger partial charge in [0.05, 0.1) is 11.0 Å². The van der Waals surface area contributed by atoms with Gasteiger partial charge in [0, 0.05) is 70.2 Å². The van der Waals surface area contributed by atoms with Gasteiger partial charge in [0.15, 0.2) is 17.5 Å². The highest BCUT2D eigenvalue weighted by atomic mass is 32.1. The SMILES string of the molecule is c1ccc(-c2nc(-c3ccccc3)nc(-c3ccc4c(c3)oc3cc(-n5c6ccccc6c6cc7c(cc65)sc5ccccc57)ccc34)n2)cc1. The molecule has 0 saturated heterocycles. The van der Waals surface area contributed by atoms with Gasteiger partial charge in [0.1, 0.15) is 11.2 Å². The van der Waals surface area contributed by atoms with Crippen LogP contribution in [0, 0.1) is 0 Å². The second kappa shape index (κ2) is 10.9. The lowest BCUT2D eigenvalue weighted by Crippen LogP contribution is -2.00. The minimum atomic E-state index is 0.601. The van der Waals surface area contributed by atoms with Crippen molar-refractivity contribution in [3.8, 4) is 39.9 Å². The van der Waals surface area contributed by atoms with Crippen molar-refractivity contribution in [1.29, 1.82) is 0 Å². The van der Waals surface area contributed by atoms with Crippen molar-refractivity contribution < 1.29 is 4.42 Å². The van der Waals surface area contributed by atoms with Crippen molar-refractivity contribution in [3.05, 3.63) is 158 Å². The second-order valence-electron chi connectivity index (χ2n) is 12.8. The van der Waals surface area contributed by atoms with E-state index in [1.807, 2.05) is 78.1 Å².